The van der Waals surface area contributed by atoms with Crippen LogP contribution in [0, 0.1) is 0 Å². The summed E-state index contributed by atoms with van der Waals surface area (Å²) >= 11 is 12.4. The van der Waals surface area contributed by atoms with Gasteiger partial charge in [0, 0.05) is 18.6 Å². The van der Waals surface area contributed by atoms with Gasteiger partial charge in [-0.15, -0.1) is 0 Å². The summed E-state index contributed by atoms with van der Waals surface area (Å²) in [5.41, 5.74) is 3.30. The zero-order valence-electron chi connectivity index (χ0n) is 11.2. The third kappa shape index (κ3) is 2.11. The molecule has 0 aliphatic carbocycles. The maximum Gasteiger partial charge on any atom is 0.276 e. The Morgan fingerprint density at radius 2 is 1.70 bits per heavy atom. The van der Waals surface area contributed by atoms with E-state index in [0.29, 0.717) is 15.9 Å². The molecule has 0 amide bonds. The van der Waals surface area contributed by atoms with Crippen LogP contribution in [0.5, 0.6) is 11.5 Å². The summed E-state index contributed by atoms with van der Waals surface area (Å²) in [5, 5.41) is 1.27. The maximum atomic E-state index is 6.27. The van der Waals surface area contributed by atoms with Gasteiger partial charge in [0.1, 0.15) is 0 Å². The summed E-state index contributed by atoms with van der Waals surface area (Å²) in [5.74, 6) is 1.45. The molecule has 2 heterocycles. The number of fused-ring (bicyclic) bond motifs is 3. The highest BCUT2D eigenvalue weighted by molar-refractivity contribution is 6.33. The van der Waals surface area contributed by atoms with Gasteiger partial charge in [-0.05, 0) is 29.3 Å². The number of halogens is 2. The molecule has 0 atom stereocenters. The Hall–Kier alpha value is -1.45. The maximum absolute atomic E-state index is 6.27. The first kappa shape index (κ1) is 13.5. The van der Waals surface area contributed by atoms with E-state index in [1.165, 1.54) is 5.56 Å². The Kier molecular flexibility index (Phi) is 3.48. The molecular formula is C15H14Cl2NO2+. The van der Waals surface area contributed by atoms with Gasteiger partial charge < -0.3 is 9.47 Å². The lowest BCUT2D eigenvalue weighted by Gasteiger charge is -2.18. The number of pyridine rings is 1. The van der Waals surface area contributed by atoms with Crippen LogP contribution in [-0.2, 0) is 13.0 Å². The van der Waals surface area contributed by atoms with Crippen molar-refractivity contribution < 1.29 is 14.0 Å². The summed E-state index contributed by atoms with van der Waals surface area (Å²) in [6, 6.07) is 7.69. The molecule has 0 radical (unpaired) electrons. The molecule has 0 spiro atoms. The summed E-state index contributed by atoms with van der Waals surface area (Å²) in [4.78, 5) is 0. The van der Waals surface area contributed by atoms with Gasteiger partial charge in [-0.1, -0.05) is 11.6 Å². The van der Waals surface area contributed by atoms with E-state index in [4.69, 9.17) is 32.7 Å². The molecule has 1 aliphatic heterocycles. The standard InChI is InChI=1S/C15H14Cl2NO2/c1-19-13-5-9-3-4-18-12(6-10(16)7-15(18)17)11(9)8-14(13)20-2/h5-8H,3-4H2,1-2H3/q+1. The molecule has 0 bridgehead atoms. The molecule has 0 unspecified atom stereocenters. The van der Waals surface area contributed by atoms with Crippen molar-refractivity contribution in [1.29, 1.82) is 0 Å². The average molecular weight is 311 g/mol. The molecule has 1 aliphatic rings. The molecule has 20 heavy (non-hydrogen) atoms. The largest absolute Gasteiger partial charge is 0.493 e. The van der Waals surface area contributed by atoms with E-state index in [1.54, 1.807) is 20.3 Å². The van der Waals surface area contributed by atoms with Crippen molar-refractivity contribution in [2.24, 2.45) is 0 Å². The molecule has 0 saturated carbocycles. The van der Waals surface area contributed by atoms with Crippen LogP contribution in [-0.4, -0.2) is 14.2 Å². The summed E-state index contributed by atoms with van der Waals surface area (Å²) in [6.45, 7) is 0.827. The molecule has 3 nitrogen and oxygen atoms in total. The Balaban J connectivity index is 2.25. The molecule has 0 fully saturated rings. The monoisotopic (exact) mass is 310 g/mol. The minimum absolute atomic E-state index is 0.629. The quantitative estimate of drug-likeness (QED) is 0.625. The predicted octanol–water partition coefficient (Wildman–Crippen LogP) is 3.52. The predicted molar refractivity (Wildman–Crippen MR) is 78.9 cm³/mol. The first-order valence-electron chi connectivity index (χ1n) is 6.28. The van der Waals surface area contributed by atoms with Crippen LogP contribution in [0.1, 0.15) is 5.56 Å². The second-order valence-electron chi connectivity index (χ2n) is 4.65. The fourth-order valence-electron chi connectivity index (χ4n) is 2.61. The number of aromatic nitrogens is 1. The van der Waals surface area contributed by atoms with E-state index in [0.717, 1.165) is 30.0 Å². The lowest BCUT2D eigenvalue weighted by Crippen LogP contribution is -2.41. The van der Waals surface area contributed by atoms with Crippen LogP contribution in [0.25, 0.3) is 11.3 Å². The Bertz CT molecular complexity index is 686. The molecule has 0 saturated heterocycles. The van der Waals surface area contributed by atoms with Crippen LogP contribution in [0.15, 0.2) is 24.3 Å². The van der Waals surface area contributed by atoms with Gasteiger partial charge in [0.15, 0.2) is 18.0 Å². The Labute approximate surface area is 127 Å². The summed E-state index contributed by atoms with van der Waals surface area (Å²) < 4.78 is 12.8. The average Bonchev–Trinajstić information content (AvgIpc) is 2.45. The molecule has 5 heteroatoms. The number of nitrogens with zero attached hydrogens (tertiary/aromatic N) is 1. The van der Waals surface area contributed by atoms with E-state index in [1.807, 2.05) is 18.2 Å². The van der Waals surface area contributed by atoms with Gasteiger partial charge in [0.2, 0.25) is 5.69 Å². The van der Waals surface area contributed by atoms with Crippen molar-refractivity contribution in [3.8, 4) is 22.8 Å². The number of methoxy groups -OCH3 is 2. The lowest BCUT2D eigenvalue weighted by atomic mass is 9.96. The van der Waals surface area contributed by atoms with E-state index in [9.17, 15) is 0 Å². The number of hydrogen-bond donors (Lipinski definition) is 0. The smallest absolute Gasteiger partial charge is 0.276 e. The molecule has 1 aromatic carbocycles. The van der Waals surface area contributed by atoms with E-state index in [-0.39, 0.29) is 0 Å². The molecule has 104 valence electrons. The first-order valence-corrected chi connectivity index (χ1v) is 7.04. The minimum Gasteiger partial charge on any atom is -0.493 e. The third-order valence-electron chi connectivity index (χ3n) is 3.57. The van der Waals surface area contributed by atoms with Gasteiger partial charge in [-0.2, -0.15) is 4.57 Å². The normalized spacial score (nSPS) is 12.6. The van der Waals surface area contributed by atoms with Crippen LogP contribution < -0.4 is 14.0 Å². The molecule has 3 rings (SSSR count). The van der Waals surface area contributed by atoms with Gasteiger partial charge in [-0.3, -0.25) is 0 Å². The van der Waals surface area contributed by atoms with Crippen LogP contribution in [0.4, 0.5) is 0 Å². The van der Waals surface area contributed by atoms with E-state index < -0.39 is 0 Å². The highest BCUT2D eigenvalue weighted by atomic mass is 35.5. The second kappa shape index (κ2) is 5.15. The van der Waals surface area contributed by atoms with Gasteiger partial charge in [-0.25, -0.2) is 0 Å². The number of benzene rings is 1. The lowest BCUT2D eigenvalue weighted by molar-refractivity contribution is -0.685. The van der Waals surface area contributed by atoms with Crippen molar-refractivity contribution in [1.82, 2.24) is 0 Å². The second-order valence-corrected chi connectivity index (χ2v) is 5.47. The van der Waals surface area contributed by atoms with Gasteiger partial charge in [0.05, 0.1) is 24.8 Å². The third-order valence-corrected chi connectivity index (χ3v) is 4.10. The number of rotatable bonds is 2. The van der Waals surface area contributed by atoms with Crippen LogP contribution in [0.3, 0.4) is 0 Å². The van der Waals surface area contributed by atoms with Gasteiger partial charge >= 0.3 is 0 Å². The summed E-state index contributed by atoms with van der Waals surface area (Å²) in [7, 11) is 3.27. The Morgan fingerprint density at radius 3 is 2.40 bits per heavy atom. The molecule has 1 aromatic heterocycles. The molecular weight excluding hydrogens is 297 g/mol. The number of ether oxygens (including phenoxy) is 2. The molecule has 0 N–H and O–H groups in total. The minimum atomic E-state index is 0.629. The summed E-state index contributed by atoms with van der Waals surface area (Å²) in [6.07, 6.45) is 0.898. The topological polar surface area (TPSA) is 22.3 Å². The first-order chi connectivity index (χ1) is 9.63. The van der Waals surface area contributed by atoms with Crippen molar-refractivity contribution in [3.63, 3.8) is 0 Å². The zero-order valence-corrected chi connectivity index (χ0v) is 12.8. The van der Waals surface area contributed by atoms with Crippen molar-refractivity contribution in [3.05, 3.63) is 40.0 Å². The highest BCUT2D eigenvalue weighted by Gasteiger charge is 2.27. The van der Waals surface area contributed by atoms with E-state index in [2.05, 4.69) is 4.57 Å². The van der Waals surface area contributed by atoms with Crippen molar-refractivity contribution in [2.45, 2.75) is 13.0 Å². The fourth-order valence-corrected chi connectivity index (χ4v) is 3.16. The van der Waals surface area contributed by atoms with Crippen LogP contribution in [0.2, 0.25) is 10.2 Å². The fraction of sp³-hybridized carbons (Fsp3) is 0.267. The van der Waals surface area contributed by atoms with Crippen molar-refractivity contribution >= 4 is 23.2 Å². The van der Waals surface area contributed by atoms with Crippen LogP contribution >= 0.6 is 23.2 Å². The molecule has 2 aromatic rings. The Morgan fingerprint density at radius 1 is 1.00 bits per heavy atom. The van der Waals surface area contributed by atoms with Gasteiger partial charge in [0.25, 0.3) is 5.15 Å². The number of aryl methyl sites for hydroxylation is 1. The van der Waals surface area contributed by atoms with E-state index >= 15 is 0 Å². The van der Waals surface area contributed by atoms with Crippen molar-refractivity contribution in [2.75, 3.05) is 14.2 Å². The zero-order chi connectivity index (χ0) is 14.3. The highest BCUT2D eigenvalue weighted by Crippen LogP contribution is 2.37. The number of hydrogen-bond acceptors (Lipinski definition) is 2. The SMILES string of the molecule is COc1cc2c(cc1OC)-c1cc(Cl)cc(Cl)[n+]1CC2.